The number of urea groups is 1. The second-order valence-corrected chi connectivity index (χ2v) is 7.09. The highest BCUT2D eigenvalue weighted by atomic mass is 19.4. The second kappa shape index (κ2) is 6.69. The molecule has 1 aromatic carbocycles. The zero-order valence-electron chi connectivity index (χ0n) is 14.9. The lowest BCUT2D eigenvalue weighted by molar-refractivity contribution is -0.137. The van der Waals surface area contributed by atoms with Gasteiger partial charge in [-0.05, 0) is 43.5 Å². The number of amides is 2. The third-order valence-electron chi connectivity index (χ3n) is 5.20. The minimum absolute atomic E-state index is 0.0270. The molecule has 1 saturated heterocycles. The number of alkyl halides is 3. The Morgan fingerprint density at radius 3 is 2.57 bits per heavy atom. The van der Waals surface area contributed by atoms with Crippen LogP contribution in [0.2, 0.25) is 0 Å². The van der Waals surface area contributed by atoms with E-state index in [0.29, 0.717) is 30.9 Å². The van der Waals surface area contributed by atoms with E-state index in [1.165, 1.54) is 17.1 Å². The lowest BCUT2D eigenvalue weighted by Crippen LogP contribution is -2.43. The van der Waals surface area contributed by atoms with Crippen LogP contribution < -0.4 is 10.3 Å². The first-order valence-electron chi connectivity index (χ1n) is 8.94. The fourth-order valence-electron chi connectivity index (χ4n) is 3.31. The van der Waals surface area contributed by atoms with Gasteiger partial charge in [-0.1, -0.05) is 5.16 Å². The zero-order valence-corrected chi connectivity index (χ0v) is 14.9. The largest absolute Gasteiger partial charge is 0.416 e. The Morgan fingerprint density at radius 1 is 1.25 bits per heavy atom. The summed E-state index contributed by atoms with van der Waals surface area (Å²) >= 11 is 0. The van der Waals surface area contributed by atoms with Crippen LogP contribution in [0.4, 0.5) is 29.5 Å². The number of aromatic nitrogens is 1. The lowest BCUT2D eigenvalue weighted by atomic mass is 10.0. The number of hydrazine groups is 1. The highest BCUT2D eigenvalue weighted by Crippen LogP contribution is 2.47. The number of benzene rings is 1. The van der Waals surface area contributed by atoms with Crippen LogP contribution in [0.15, 0.2) is 34.9 Å². The molecule has 1 aliphatic carbocycles. The van der Waals surface area contributed by atoms with Crippen molar-refractivity contribution in [1.29, 1.82) is 0 Å². The Kier molecular flexibility index (Phi) is 4.45. The number of rotatable bonds is 4. The van der Waals surface area contributed by atoms with Crippen molar-refractivity contribution < 1.29 is 27.6 Å². The molecule has 1 aromatic heterocycles. The highest BCUT2D eigenvalue weighted by Gasteiger charge is 2.46. The summed E-state index contributed by atoms with van der Waals surface area (Å²) in [7, 11) is 0. The van der Waals surface area contributed by atoms with Crippen LogP contribution in [0.3, 0.4) is 0 Å². The molecule has 2 aliphatic rings. The van der Waals surface area contributed by atoms with Gasteiger partial charge < -0.3 is 9.63 Å². The molecule has 1 aliphatic heterocycles. The molecule has 2 aromatic rings. The molecule has 0 radical (unpaired) electrons. The smallest absolute Gasteiger partial charge is 0.395 e. The van der Waals surface area contributed by atoms with Gasteiger partial charge in [0.15, 0.2) is 0 Å². The van der Waals surface area contributed by atoms with Gasteiger partial charge in [-0.2, -0.15) is 13.2 Å². The molecular weight excluding hydrogens is 377 g/mol. The second-order valence-electron chi connectivity index (χ2n) is 7.09. The van der Waals surface area contributed by atoms with E-state index < -0.39 is 17.8 Å². The standard InChI is InChI=1S/C18H19F3N4O3/c19-18(20,21)12-2-4-13(5-3-12)24-8-1-9-25(24)16(27)22-15-10-14(23-28-15)17(11-26)6-7-17/h2-5,10,26H,1,6-9,11H2,(H,22,27). The lowest BCUT2D eigenvalue weighted by Gasteiger charge is -2.29. The highest BCUT2D eigenvalue weighted by molar-refractivity contribution is 5.89. The Labute approximate surface area is 158 Å². The number of hydrogen-bond acceptors (Lipinski definition) is 5. The Morgan fingerprint density at radius 2 is 1.96 bits per heavy atom. The van der Waals surface area contributed by atoms with Crippen LogP contribution >= 0.6 is 0 Å². The van der Waals surface area contributed by atoms with Gasteiger partial charge in [-0.25, -0.2) is 9.80 Å². The monoisotopic (exact) mass is 396 g/mol. The maximum Gasteiger partial charge on any atom is 0.416 e. The summed E-state index contributed by atoms with van der Waals surface area (Å²) in [6, 6.07) is 5.82. The molecular formula is C18H19F3N4O3. The maximum atomic E-state index is 12.7. The molecule has 2 N–H and O–H groups in total. The minimum Gasteiger partial charge on any atom is -0.395 e. The number of halogens is 3. The van der Waals surface area contributed by atoms with Gasteiger partial charge in [0.2, 0.25) is 5.88 Å². The number of nitrogens with zero attached hydrogens (tertiary/aromatic N) is 3. The van der Waals surface area contributed by atoms with E-state index in [0.717, 1.165) is 25.0 Å². The third-order valence-corrected chi connectivity index (χ3v) is 5.20. The molecule has 0 bridgehead atoms. The van der Waals surface area contributed by atoms with Gasteiger partial charge in [0, 0.05) is 24.6 Å². The molecule has 7 nitrogen and oxygen atoms in total. The third kappa shape index (κ3) is 3.39. The normalized spacial score (nSPS) is 18.4. The van der Waals surface area contributed by atoms with Gasteiger partial charge in [0.05, 0.1) is 23.6 Å². The summed E-state index contributed by atoms with van der Waals surface area (Å²) < 4.78 is 43.4. The van der Waals surface area contributed by atoms with Gasteiger partial charge in [0.25, 0.3) is 0 Å². The first-order valence-corrected chi connectivity index (χ1v) is 8.94. The van der Waals surface area contributed by atoms with Crippen molar-refractivity contribution in [1.82, 2.24) is 10.2 Å². The molecule has 0 atom stereocenters. The predicted octanol–water partition coefficient (Wildman–Crippen LogP) is 3.38. The SMILES string of the molecule is O=C(Nc1cc(C2(CO)CC2)no1)N1CCCN1c1ccc(C(F)(F)F)cc1. The van der Waals surface area contributed by atoms with Crippen molar-refractivity contribution in [2.45, 2.75) is 30.9 Å². The number of anilines is 2. The summed E-state index contributed by atoms with van der Waals surface area (Å²) in [5.74, 6) is 0.166. The fraction of sp³-hybridized carbons (Fsp3) is 0.444. The van der Waals surface area contributed by atoms with Crippen molar-refractivity contribution in [2.75, 3.05) is 30.0 Å². The average Bonchev–Trinajstić information content (AvgIpc) is 3.08. The number of hydrogen-bond donors (Lipinski definition) is 2. The van der Waals surface area contributed by atoms with E-state index in [1.54, 1.807) is 11.1 Å². The molecule has 0 unspecified atom stereocenters. The maximum absolute atomic E-state index is 12.7. The average molecular weight is 396 g/mol. The molecule has 10 heteroatoms. The summed E-state index contributed by atoms with van der Waals surface area (Å²) in [5.41, 5.74) is -0.00666. The number of aliphatic hydroxyl groups is 1. The van der Waals surface area contributed by atoms with Crippen molar-refractivity contribution in [3.8, 4) is 0 Å². The van der Waals surface area contributed by atoms with Gasteiger partial charge in [0.1, 0.15) is 0 Å². The first-order chi connectivity index (χ1) is 13.3. The van der Waals surface area contributed by atoms with Crippen molar-refractivity contribution >= 4 is 17.6 Å². The van der Waals surface area contributed by atoms with E-state index in [1.807, 2.05) is 0 Å². The Hall–Kier alpha value is -2.75. The van der Waals surface area contributed by atoms with Crippen LogP contribution in [0.5, 0.6) is 0 Å². The quantitative estimate of drug-likeness (QED) is 0.828. The van der Waals surface area contributed by atoms with Gasteiger partial charge in [-0.3, -0.25) is 10.3 Å². The summed E-state index contributed by atoms with van der Waals surface area (Å²) in [6.45, 7) is 0.906. The van der Waals surface area contributed by atoms with Crippen LogP contribution in [0, 0.1) is 0 Å². The van der Waals surface area contributed by atoms with Crippen molar-refractivity contribution in [2.24, 2.45) is 0 Å². The topological polar surface area (TPSA) is 81.8 Å². The molecule has 2 fully saturated rings. The van der Waals surface area contributed by atoms with E-state index >= 15 is 0 Å². The number of nitrogens with one attached hydrogen (secondary N) is 1. The number of aliphatic hydroxyl groups excluding tert-OH is 1. The van der Waals surface area contributed by atoms with E-state index in [2.05, 4.69) is 10.5 Å². The molecule has 2 amide bonds. The number of carbonyl (C=O) groups is 1. The minimum atomic E-state index is -4.40. The van der Waals surface area contributed by atoms with Gasteiger partial charge >= 0.3 is 12.2 Å². The molecule has 1 saturated carbocycles. The predicted molar refractivity (Wildman–Crippen MR) is 93.6 cm³/mol. The Balaban J connectivity index is 1.45. The molecule has 2 heterocycles. The molecule has 150 valence electrons. The summed E-state index contributed by atoms with van der Waals surface area (Å²) in [4.78, 5) is 12.6. The van der Waals surface area contributed by atoms with Crippen LogP contribution in [-0.2, 0) is 11.6 Å². The van der Waals surface area contributed by atoms with E-state index in [4.69, 9.17) is 4.52 Å². The fourth-order valence-corrected chi connectivity index (χ4v) is 3.31. The summed E-state index contributed by atoms with van der Waals surface area (Å²) in [6.07, 6.45) is -2.09. The molecule has 28 heavy (non-hydrogen) atoms. The first kappa shape index (κ1) is 18.6. The van der Waals surface area contributed by atoms with Gasteiger partial charge in [-0.15, -0.1) is 0 Å². The Bertz CT molecular complexity index is 862. The van der Waals surface area contributed by atoms with E-state index in [9.17, 15) is 23.1 Å². The van der Waals surface area contributed by atoms with Crippen LogP contribution in [-0.4, -0.2) is 41.0 Å². The molecule has 4 rings (SSSR count). The zero-order chi connectivity index (χ0) is 19.9. The molecule has 0 spiro atoms. The van der Waals surface area contributed by atoms with Crippen LogP contribution in [0.25, 0.3) is 0 Å². The number of carbonyl (C=O) groups excluding carboxylic acids is 1. The summed E-state index contributed by atoms with van der Waals surface area (Å²) in [5, 5.41) is 19.0. The van der Waals surface area contributed by atoms with Crippen LogP contribution in [0.1, 0.15) is 30.5 Å². The van der Waals surface area contributed by atoms with Crippen molar-refractivity contribution in [3.63, 3.8) is 0 Å². The van der Waals surface area contributed by atoms with E-state index in [-0.39, 0.29) is 17.9 Å². The van der Waals surface area contributed by atoms with Crippen molar-refractivity contribution in [3.05, 3.63) is 41.6 Å².